The van der Waals surface area contributed by atoms with Gasteiger partial charge >= 0.3 is 0 Å². The molecule has 0 aromatic heterocycles. The van der Waals surface area contributed by atoms with Crippen LogP contribution < -0.4 is 5.32 Å². The van der Waals surface area contributed by atoms with Gasteiger partial charge < -0.3 is 5.32 Å². The van der Waals surface area contributed by atoms with E-state index < -0.39 is 0 Å². The predicted octanol–water partition coefficient (Wildman–Crippen LogP) is 3.18. The molecule has 1 heterocycles. The predicted molar refractivity (Wildman–Crippen MR) is 60.7 cm³/mol. The molecule has 0 fully saturated rings. The van der Waals surface area contributed by atoms with E-state index in [1.54, 1.807) is 0 Å². The maximum Gasteiger partial charge on any atom is 0.0404 e. The largest absolute Gasteiger partial charge is 0.384 e. The van der Waals surface area contributed by atoms with E-state index in [9.17, 15) is 0 Å². The summed E-state index contributed by atoms with van der Waals surface area (Å²) in [6.07, 6.45) is 0. The lowest BCUT2D eigenvalue weighted by atomic mass is 9.92. The third kappa shape index (κ3) is 1.43. The van der Waals surface area contributed by atoms with Crippen LogP contribution in [0.4, 0.5) is 0 Å². The van der Waals surface area contributed by atoms with Crippen molar-refractivity contribution in [2.45, 2.75) is 27.3 Å². The second kappa shape index (κ2) is 3.49. The summed E-state index contributed by atoms with van der Waals surface area (Å²) in [5.74, 6) is 0.586. The van der Waals surface area contributed by atoms with Crippen LogP contribution >= 0.6 is 0 Å². The fraction of sp³-hybridized carbons (Fsp3) is 0.385. The highest BCUT2D eigenvalue weighted by Crippen LogP contribution is 2.28. The van der Waals surface area contributed by atoms with Gasteiger partial charge in [-0.1, -0.05) is 38.1 Å². The van der Waals surface area contributed by atoms with Crippen molar-refractivity contribution in [1.82, 2.24) is 5.32 Å². The molecule has 0 atom stereocenters. The molecule has 0 radical (unpaired) electrons. The van der Waals surface area contributed by atoms with Crippen LogP contribution in [0.2, 0.25) is 0 Å². The average Bonchev–Trinajstić information content (AvgIpc) is 2.18. The van der Waals surface area contributed by atoms with Crippen molar-refractivity contribution in [1.29, 1.82) is 0 Å². The smallest absolute Gasteiger partial charge is 0.0404 e. The molecular weight excluding hydrogens is 170 g/mol. The Labute approximate surface area is 85.8 Å². The molecule has 2 rings (SSSR count). The van der Waals surface area contributed by atoms with Crippen molar-refractivity contribution in [3.05, 3.63) is 41.1 Å². The first-order valence-corrected chi connectivity index (χ1v) is 5.23. The van der Waals surface area contributed by atoms with E-state index in [1.165, 1.54) is 22.4 Å². The second-order valence-electron chi connectivity index (χ2n) is 4.20. The zero-order valence-corrected chi connectivity index (χ0v) is 9.09. The summed E-state index contributed by atoms with van der Waals surface area (Å²) in [6.45, 7) is 7.65. The Morgan fingerprint density at radius 2 is 1.93 bits per heavy atom. The van der Waals surface area contributed by atoms with E-state index in [2.05, 4.69) is 50.4 Å². The zero-order valence-electron chi connectivity index (χ0n) is 9.09. The number of nitrogens with one attached hydrogen (secondary N) is 1. The molecule has 0 unspecified atom stereocenters. The molecular formula is C13H17N. The van der Waals surface area contributed by atoms with Gasteiger partial charge in [0.1, 0.15) is 0 Å². The van der Waals surface area contributed by atoms with Crippen molar-refractivity contribution >= 4 is 5.57 Å². The van der Waals surface area contributed by atoms with E-state index in [0.717, 1.165) is 6.54 Å². The molecule has 1 heteroatoms. The highest BCUT2D eigenvalue weighted by Gasteiger charge is 2.16. The van der Waals surface area contributed by atoms with Gasteiger partial charge in [-0.3, -0.25) is 0 Å². The van der Waals surface area contributed by atoms with Gasteiger partial charge in [0.05, 0.1) is 0 Å². The minimum Gasteiger partial charge on any atom is -0.384 e. The van der Waals surface area contributed by atoms with Gasteiger partial charge in [0.15, 0.2) is 0 Å². The lowest BCUT2D eigenvalue weighted by Gasteiger charge is -2.25. The van der Waals surface area contributed by atoms with Crippen LogP contribution in [0.25, 0.3) is 5.57 Å². The number of fused-ring (bicyclic) bond motifs is 1. The second-order valence-corrected chi connectivity index (χ2v) is 4.20. The highest BCUT2D eigenvalue weighted by atomic mass is 14.9. The molecule has 0 saturated carbocycles. The van der Waals surface area contributed by atoms with Gasteiger partial charge in [-0.25, -0.2) is 0 Å². The van der Waals surface area contributed by atoms with Crippen LogP contribution in [0.1, 0.15) is 31.9 Å². The Bertz CT molecular complexity index is 375. The SMILES string of the molecule is CC1=C(C(C)C)NCc2ccccc21. The van der Waals surface area contributed by atoms with Crippen LogP contribution in [0.15, 0.2) is 30.0 Å². The van der Waals surface area contributed by atoms with Crippen molar-refractivity contribution < 1.29 is 0 Å². The first kappa shape index (κ1) is 9.32. The normalized spacial score (nSPS) is 15.4. The molecule has 0 spiro atoms. The molecule has 1 N–H and O–H groups in total. The molecule has 14 heavy (non-hydrogen) atoms. The number of benzene rings is 1. The van der Waals surface area contributed by atoms with Crippen LogP contribution in [0, 0.1) is 5.92 Å². The van der Waals surface area contributed by atoms with E-state index >= 15 is 0 Å². The first-order valence-electron chi connectivity index (χ1n) is 5.23. The van der Waals surface area contributed by atoms with Crippen LogP contribution in [0.3, 0.4) is 0 Å². The molecule has 1 aliphatic heterocycles. The Hall–Kier alpha value is -1.24. The minimum atomic E-state index is 0.586. The summed E-state index contributed by atoms with van der Waals surface area (Å²) in [6, 6.07) is 8.64. The van der Waals surface area contributed by atoms with Crippen molar-refractivity contribution in [3.63, 3.8) is 0 Å². The molecule has 0 bridgehead atoms. The Morgan fingerprint density at radius 3 is 2.64 bits per heavy atom. The average molecular weight is 187 g/mol. The van der Waals surface area contributed by atoms with E-state index in [1.807, 2.05) is 0 Å². The molecule has 0 amide bonds. The summed E-state index contributed by atoms with van der Waals surface area (Å²) >= 11 is 0. The summed E-state index contributed by atoms with van der Waals surface area (Å²) in [5, 5.41) is 3.50. The Morgan fingerprint density at radius 1 is 1.21 bits per heavy atom. The third-order valence-corrected chi connectivity index (χ3v) is 2.87. The van der Waals surface area contributed by atoms with Gasteiger partial charge in [0, 0.05) is 12.2 Å². The van der Waals surface area contributed by atoms with E-state index in [4.69, 9.17) is 0 Å². The summed E-state index contributed by atoms with van der Waals surface area (Å²) in [7, 11) is 0. The van der Waals surface area contributed by atoms with E-state index in [0.29, 0.717) is 5.92 Å². The molecule has 1 aromatic carbocycles. The molecule has 0 saturated heterocycles. The summed E-state index contributed by atoms with van der Waals surface area (Å²) in [4.78, 5) is 0. The Balaban J connectivity index is 2.51. The van der Waals surface area contributed by atoms with Gasteiger partial charge in [-0.15, -0.1) is 0 Å². The quantitative estimate of drug-likeness (QED) is 0.712. The first-order chi connectivity index (χ1) is 6.70. The van der Waals surface area contributed by atoms with Crippen LogP contribution in [-0.2, 0) is 6.54 Å². The maximum atomic E-state index is 3.50. The van der Waals surface area contributed by atoms with Gasteiger partial charge in [-0.05, 0) is 29.5 Å². The molecule has 1 aliphatic rings. The third-order valence-electron chi connectivity index (χ3n) is 2.87. The van der Waals surface area contributed by atoms with Gasteiger partial charge in [-0.2, -0.15) is 0 Å². The summed E-state index contributed by atoms with van der Waals surface area (Å²) < 4.78 is 0. The van der Waals surface area contributed by atoms with E-state index in [-0.39, 0.29) is 0 Å². The number of rotatable bonds is 1. The molecule has 1 nitrogen and oxygen atoms in total. The number of hydrogen-bond donors (Lipinski definition) is 1. The lowest BCUT2D eigenvalue weighted by Crippen LogP contribution is -2.23. The van der Waals surface area contributed by atoms with Crippen molar-refractivity contribution in [3.8, 4) is 0 Å². The maximum absolute atomic E-state index is 3.50. The minimum absolute atomic E-state index is 0.586. The van der Waals surface area contributed by atoms with Crippen LogP contribution in [-0.4, -0.2) is 0 Å². The van der Waals surface area contributed by atoms with Crippen molar-refractivity contribution in [2.24, 2.45) is 5.92 Å². The topological polar surface area (TPSA) is 12.0 Å². The monoisotopic (exact) mass is 187 g/mol. The fourth-order valence-corrected chi connectivity index (χ4v) is 2.15. The number of hydrogen-bond acceptors (Lipinski definition) is 1. The Kier molecular flexibility index (Phi) is 2.32. The zero-order chi connectivity index (χ0) is 10.1. The summed E-state index contributed by atoms with van der Waals surface area (Å²) in [5.41, 5.74) is 5.62. The standard InChI is InChI=1S/C13H17N/c1-9(2)13-10(3)12-7-5-4-6-11(12)8-14-13/h4-7,9,14H,8H2,1-3H3. The molecule has 0 aliphatic carbocycles. The molecule has 1 aromatic rings. The van der Waals surface area contributed by atoms with Crippen LogP contribution in [0.5, 0.6) is 0 Å². The van der Waals surface area contributed by atoms with Crippen molar-refractivity contribution in [2.75, 3.05) is 0 Å². The lowest BCUT2D eigenvalue weighted by molar-refractivity contribution is 0.644. The van der Waals surface area contributed by atoms with Gasteiger partial charge in [0.25, 0.3) is 0 Å². The van der Waals surface area contributed by atoms with Gasteiger partial charge in [0.2, 0.25) is 0 Å². The number of allylic oxidation sites excluding steroid dienone is 2. The highest BCUT2D eigenvalue weighted by molar-refractivity contribution is 5.71. The molecule has 74 valence electrons. The fourth-order valence-electron chi connectivity index (χ4n) is 2.15.